The quantitative estimate of drug-likeness (QED) is 0.805. The van der Waals surface area contributed by atoms with Gasteiger partial charge in [0.05, 0.1) is 6.61 Å². The lowest BCUT2D eigenvalue weighted by molar-refractivity contribution is 0.0885. The van der Waals surface area contributed by atoms with E-state index >= 15 is 0 Å². The molecule has 1 saturated heterocycles. The molecule has 0 saturated carbocycles. The Morgan fingerprint density at radius 1 is 1.18 bits per heavy atom. The first-order valence-electron chi connectivity index (χ1n) is 8.29. The van der Waals surface area contributed by atoms with Gasteiger partial charge in [0.2, 0.25) is 0 Å². The van der Waals surface area contributed by atoms with Gasteiger partial charge >= 0.3 is 6.09 Å². The number of hydrogen-bond donors (Lipinski definition) is 0. The molecule has 0 aromatic heterocycles. The maximum Gasteiger partial charge on any atom is 0.409 e. The number of nitrogens with zero attached hydrogens (tertiary/aromatic N) is 1. The van der Waals surface area contributed by atoms with Crippen LogP contribution in [0.1, 0.15) is 58.6 Å². The van der Waals surface area contributed by atoms with Gasteiger partial charge in [0, 0.05) is 13.1 Å². The van der Waals surface area contributed by atoms with Gasteiger partial charge < -0.3 is 9.64 Å². The highest BCUT2D eigenvalue weighted by Crippen LogP contribution is 2.36. The van der Waals surface area contributed by atoms with E-state index in [1.54, 1.807) is 0 Å². The van der Waals surface area contributed by atoms with Crippen LogP contribution in [0.3, 0.4) is 0 Å². The zero-order valence-corrected chi connectivity index (χ0v) is 14.6. The van der Waals surface area contributed by atoms with Crippen molar-refractivity contribution in [1.82, 2.24) is 4.90 Å². The largest absolute Gasteiger partial charge is 0.450 e. The molecule has 0 atom stereocenters. The highest BCUT2D eigenvalue weighted by molar-refractivity contribution is 5.67. The molecule has 3 nitrogen and oxygen atoms in total. The zero-order chi connectivity index (χ0) is 16.4. The van der Waals surface area contributed by atoms with E-state index in [1.165, 1.54) is 11.1 Å². The molecule has 0 bridgehead atoms. The highest BCUT2D eigenvalue weighted by atomic mass is 16.6. The van der Waals surface area contributed by atoms with E-state index in [4.69, 9.17) is 4.74 Å². The van der Waals surface area contributed by atoms with Crippen molar-refractivity contribution in [3.05, 3.63) is 35.4 Å². The molecule has 0 aliphatic carbocycles. The Morgan fingerprint density at radius 3 is 2.18 bits per heavy atom. The van der Waals surface area contributed by atoms with Gasteiger partial charge in [-0.15, -0.1) is 0 Å². The molecule has 0 N–H and O–H groups in total. The number of rotatable bonds is 2. The summed E-state index contributed by atoms with van der Waals surface area (Å²) in [5.74, 6) is 0. The topological polar surface area (TPSA) is 29.5 Å². The number of ether oxygens (including phenoxy) is 1. The minimum absolute atomic E-state index is 0.152. The minimum Gasteiger partial charge on any atom is -0.450 e. The van der Waals surface area contributed by atoms with Crippen LogP contribution in [-0.4, -0.2) is 30.7 Å². The molecule has 0 spiro atoms. The molecule has 22 heavy (non-hydrogen) atoms. The van der Waals surface area contributed by atoms with Gasteiger partial charge in [-0.3, -0.25) is 0 Å². The second-order valence-corrected chi connectivity index (χ2v) is 7.57. The second kappa shape index (κ2) is 6.31. The fourth-order valence-electron chi connectivity index (χ4n) is 3.06. The SMILES string of the molecule is CCOC(=O)N1CCC(C)(c2ccc(C(C)(C)C)cc2)CC1. The maximum absolute atomic E-state index is 11.8. The number of benzene rings is 1. The van der Waals surface area contributed by atoms with E-state index in [0.717, 1.165) is 25.9 Å². The molecule has 1 aromatic rings. The van der Waals surface area contributed by atoms with Crippen LogP contribution in [0.15, 0.2) is 24.3 Å². The van der Waals surface area contributed by atoms with Crippen molar-refractivity contribution >= 4 is 6.09 Å². The van der Waals surface area contributed by atoms with Crippen LogP contribution in [0.25, 0.3) is 0 Å². The molecule has 2 rings (SSSR count). The zero-order valence-electron chi connectivity index (χ0n) is 14.6. The molecule has 122 valence electrons. The molecule has 0 unspecified atom stereocenters. The molecule has 0 radical (unpaired) electrons. The lowest BCUT2D eigenvalue weighted by Gasteiger charge is -2.39. The van der Waals surface area contributed by atoms with Crippen molar-refractivity contribution < 1.29 is 9.53 Å². The number of hydrogen-bond acceptors (Lipinski definition) is 2. The number of amides is 1. The van der Waals surface area contributed by atoms with Crippen molar-refractivity contribution in [3.8, 4) is 0 Å². The lowest BCUT2D eigenvalue weighted by Crippen LogP contribution is -2.44. The summed E-state index contributed by atoms with van der Waals surface area (Å²) in [6, 6.07) is 9.03. The van der Waals surface area contributed by atoms with Crippen LogP contribution in [-0.2, 0) is 15.6 Å². The Bertz CT molecular complexity index is 505. The molecule has 1 amide bonds. The van der Waals surface area contributed by atoms with Crippen LogP contribution in [0.2, 0.25) is 0 Å². The van der Waals surface area contributed by atoms with Gasteiger partial charge in [-0.2, -0.15) is 0 Å². The number of piperidine rings is 1. The molecule has 1 fully saturated rings. The Hall–Kier alpha value is -1.51. The summed E-state index contributed by atoms with van der Waals surface area (Å²) in [5, 5.41) is 0. The monoisotopic (exact) mass is 303 g/mol. The third kappa shape index (κ3) is 3.63. The first-order chi connectivity index (χ1) is 10.3. The summed E-state index contributed by atoms with van der Waals surface area (Å²) < 4.78 is 5.10. The van der Waals surface area contributed by atoms with Crippen LogP contribution >= 0.6 is 0 Å². The van der Waals surface area contributed by atoms with E-state index in [1.807, 2.05) is 11.8 Å². The number of likely N-dealkylation sites (tertiary alicyclic amines) is 1. The third-order valence-electron chi connectivity index (χ3n) is 4.84. The fraction of sp³-hybridized carbons (Fsp3) is 0.632. The van der Waals surface area contributed by atoms with Crippen LogP contribution in [0.5, 0.6) is 0 Å². The molecule has 1 heterocycles. The molecular formula is C19H29NO2. The molecule has 1 aromatic carbocycles. The first kappa shape index (κ1) is 16.9. The summed E-state index contributed by atoms with van der Waals surface area (Å²) in [5.41, 5.74) is 3.08. The number of carbonyl (C=O) groups is 1. The number of carbonyl (C=O) groups excluding carboxylic acids is 1. The van der Waals surface area contributed by atoms with Gasteiger partial charge in [-0.05, 0) is 41.7 Å². The normalized spacial score (nSPS) is 18.1. The smallest absolute Gasteiger partial charge is 0.409 e. The van der Waals surface area contributed by atoms with Crippen LogP contribution in [0, 0.1) is 0 Å². The summed E-state index contributed by atoms with van der Waals surface area (Å²) in [4.78, 5) is 13.6. The summed E-state index contributed by atoms with van der Waals surface area (Å²) in [7, 11) is 0. The standard InChI is InChI=1S/C19H29NO2/c1-6-22-17(21)20-13-11-19(5,12-14-20)16-9-7-15(8-10-16)18(2,3)4/h7-10H,6,11-14H2,1-5H3. The fourth-order valence-corrected chi connectivity index (χ4v) is 3.06. The molecular weight excluding hydrogens is 274 g/mol. The van der Waals surface area contributed by atoms with Crippen molar-refractivity contribution in [2.75, 3.05) is 19.7 Å². The predicted molar refractivity (Wildman–Crippen MR) is 90.3 cm³/mol. The Balaban J connectivity index is 2.05. The van der Waals surface area contributed by atoms with Gasteiger partial charge in [-0.25, -0.2) is 4.79 Å². The third-order valence-corrected chi connectivity index (χ3v) is 4.84. The van der Waals surface area contributed by atoms with E-state index in [2.05, 4.69) is 52.0 Å². The highest BCUT2D eigenvalue weighted by Gasteiger charge is 2.33. The van der Waals surface area contributed by atoms with Gasteiger partial charge in [-0.1, -0.05) is 52.0 Å². The van der Waals surface area contributed by atoms with Gasteiger partial charge in [0.25, 0.3) is 0 Å². The summed E-state index contributed by atoms with van der Waals surface area (Å²) in [6.07, 6.45) is 1.80. The van der Waals surface area contributed by atoms with E-state index in [-0.39, 0.29) is 16.9 Å². The molecule has 1 aliphatic rings. The molecule has 3 heteroatoms. The second-order valence-electron chi connectivity index (χ2n) is 7.57. The average molecular weight is 303 g/mol. The van der Waals surface area contributed by atoms with E-state index < -0.39 is 0 Å². The van der Waals surface area contributed by atoms with Crippen molar-refractivity contribution in [2.45, 2.75) is 58.3 Å². The Kier molecular flexibility index (Phi) is 4.84. The van der Waals surface area contributed by atoms with Crippen LogP contribution in [0.4, 0.5) is 4.79 Å². The maximum atomic E-state index is 11.8. The molecule has 1 aliphatic heterocycles. The first-order valence-corrected chi connectivity index (χ1v) is 8.29. The van der Waals surface area contributed by atoms with E-state index in [9.17, 15) is 4.79 Å². The lowest BCUT2D eigenvalue weighted by atomic mass is 9.74. The van der Waals surface area contributed by atoms with Crippen molar-refractivity contribution in [1.29, 1.82) is 0 Å². The van der Waals surface area contributed by atoms with Gasteiger partial charge in [0.1, 0.15) is 0 Å². The average Bonchev–Trinajstić information content (AvgIpc) is 2.47. The van der Waals surface area contributed by atoms with Gasteiger partial charge in [0.15, 0.2) is 0 Å². The van der Waals surface area contributed by atoms with E-state index in [0.29, 0.717) is 6.61 Å². The predicted octanol–water partition coefficient (Wildman–Crippen LogP) is 4.49. The van der Waals surface area contributed by atoms with Crippen LogP contribution < -0.4 is 0 Å². The summed E-state index contributed by atoms with van der Waals surface area (Å²) >= 11 is 0. The Morgan fingerprint density at radius 2 is 1.73 bits per heavy atom. The minimum atomic E-state index is -0.173. The van der Waals surface area contributed by atoms with Crippen molar-refractivity contribution in [2.24, 2.45) is 0 Å². The summed E-state index contributed by atoms with van der Waals surface area (Å²) in [6.45, 7) is 12.9. The van der Waals surface area contributed by atoms with Crippen molar-refractivity contribution in [3.63, 3.8) is 0 Å². The Labute approximate surface area is 134 Å².